The lowest BCUT2D eigenvalue weighted by molar-refractivity contribution is 0.604. The molecule has 0 aliphatic carbocycles. The Bertz CT molecular complexity index is 62.1. The van der Waals surface area contributed by atoms with Gasteiger partial charge in [0, 0.05) is 0 Å². The second-order valence-corrected chi connectivity index (χ2v) is 2.15. The first-order valence-corrected chi connectivity index (χ1v) is 5.03. The topological polar surface area (TPSA) is 0 Å². The molecule has 0 aromatic heterocycles. The molecule has 0 saturated heterocycles. The monoisotopic (exact) mass is 170 g/mol. The first-order chi connectivity index (χ1) is 5.81. The van der Waals surface area contributed by atoms with Crippen molar-refractivity contribution in [2.45, 2.75) is 47.5 Å². The van der Waals surface area contributed by atoms with E-state index in [0.717, 1.165) is 18.8 Å². The molecule has 0 aliphatic rings. The van der Waals surface area contributed by atoms with Gasteiger partial charge >= 0.3 is 0 Å². The van der Waals surface area contributed by atoms with Gasteiger partial charge in [-0.05, 0) is 18.8 Å². The molecule has 12 heavy (non-hydrogen) atoms. The average molecular weight is 170 g/mol. The van der Waals surface area contributed by atoms with Crippen molar-refractivity contribution in [1.29, 1.82) is 0 Å². The van der Waals surface area contributed by atoms with Crippen LogP contribution in [0, 0.1) is 5.92 Å². The summed E-state index contributed by atoms with van der Waals surface area (Å²) in [5.74, 6) is 0.727. The lowest BCUT2D eigenvalue weighted by Crippen LogP contribution is -1.87. The molecule has 0 fully saturated rings. The predicted octanol–water partition coefficient (Wildman–Crippen LogP) is 4.83. The lowest BCUT2D eigenvalue weighted by atomic mass is 10.0. The van der Waals surface area contributed by atoms with Crippen LogP contribution in [0.4, 0.5) is 0 Å². The molecule has 0 rings (SSSR count). The van der Waals surface area contributed by atoms with Crippen molar-refractivity contribution in [2.24, 2.45) is 5.92 Å². The summed E-state index contributed by atoms with van der Waals surface area (Å²) < 4.78 is 0. The highest BCUT2D eigenvalue weighted by Gasteiger charge is 1.92. The summed E-state index contributed by atoms with van der Waals surface area (Å²) in [7, 11) is 0. The maximum atomic E-state index is 3.65. The van der Waals surface area contributed by atoms with E-state index in [-0.39, 0.29) is 0 Å². The number of hydrogen-bond donors (Lipinski definition) is 0. The maximum absolute atomic E-state index is 3.65. The minimum atomic E-state index is 0.727. The maximum Gasteiger partial charge on any atom is -0.0325 e. The summed E-state index contributed by atoms with van der Waals surface area (Å²) in [6.45, 7) is 17.5. The highest BCUT2D eigenvalue weighted by molar-refractivity contribution is 4.76. The zero-order chi connectivity index (χ0) is 10.4. The summed E-state index contributed by atoms with van der Waals surface area (Å²) in [6, 6.07) is 0. The number of rotatable bonds is 4. The molecule has 0 unspecified atom stereocenters. The standard InChI is InChI=1S/C8H14.2C2H6/c1-4-6-8(3)7-5-2;2*1-2/h4-5,8H,1-2,6-7H2,3H3;2*1-2H3. The van der Waals surface area contributed by atoms with Gasteiger partial charge in [-0.15, -0.1) is 13.2 Å². The van der Waals surface area contributed by atoms with Crippen LogP contribution in [0.1, 0.15) is 47.5 Å². The largest absolute Gasteiger partial charge is 0.103 e. The Labute approximate surface area is 79.4 Å². The Morgan fingerprint density at radius 3 is 1.33 bits per heavy atom. The molecule has 0 N–H and O–H groups in total. The van der Waals surface area contributed by atoms with Crippen LogP contribution in [0.3, 0.4) is 0 Å². The van der Waals surface area contributed by atoms with E-state index in [4.69, 9.17) is 0 Å². The molecule has 74 valence electrons. The van der Waals surface area contributed by atoms with E-state index in [1.807, 2.05) is 39.8 Å². The van der Waals surface area contributed by atoms with Crippen LogP contribution in [0.25, 0.3) is 0 Å². The molecule has 0 atom stereocenters. The van der Waals surface area contributed by atoms with E-state index in [1.54, 1.807) is 0 Å². The van der Waals surface area contributed by atoms with Crippen LogP contribution in [0.2, 0.25) is 0 Å². The Kier molecular flexibility index (Phi) is 32.8. The van der Waals surface area contributed by atoms with E-state index in [2.05, 4.69) is 20.1 Å². The Morgan fingerprint density at radius 2 is 1.17 bits per heavy atom. The van der Waals surface area contributed by atoms with Crippen molar-refractivity contribution in [3.63, 3.8) is 0 Å². The summed E-state index contributed by atoms with van der Waals surface area (Å²) in [6.07, 6.45) is 6.11. The second kappa shape index (κ2) is 22.4. The SMILES string of the molecule is C=CCC(C)CC=C.CC.CC. The van der Waals surface area contributed by atoms with E-state index in [9.17, 15) is 0 Å². The van der Waals surface area contributed by atoms with Gasteiger partial charge in [0.2, 0.25) is 0 Å². The van der Waals surface area contributed by atoms with Crippen LogP contribution in [-0.4, -0.2) is 0 Å². The van der Waals surface area contributed by atoms with Crippen LogP contribution >= 0.6 is 0 Å². The minimum absolute atomic E-state index is 0.727. The van der Waals surface area contributed by atoms with Gasteiger partial charge in [0.25, 0.3) is 0 Å². The first kappa shape index (κ1) is 17.5. The third-order valence-corrected chi connectivity index (χ3v) is 1.14. The fourth-order valence-corrected chi connectivity index (χ4v) is 0.665. The van der Waals surface area contributed by atoms with Gasteiger partial charge in [0.15, 0.2) is 0 Å². The van der Waals surface area contributed by atoms with Gasteiger partial charge in [-0.25, -0.2) is 0 Å². The van der Waals surface area contributed by atoms with Crippen molar-refractivity contribution in [3.8, 4) is 0 Å². The van der Waals surface area contributed by atoms with E-state index >= 15 is 0 Å². The zero-order valence-corrected chi connectivity index (χ0v) is 9.56. The van der Waals surface area contributed by atoms with Crippen LogP contribution in [0.5, 0.6) is 0 Å². The normalized spacial score (nSPS) is 7.17. The van der Waals surface area contributed by atoms with Crippen molar-refractivity contribution in [1.82, 2.24) is 0 Å². The van der Waals surface area contributed by atoms with Gasteiger partial charge in [-0.3, -0.25) is 0 Å². The van der Waals surface area contributed by atoms with Crippen LogP contribution in [0.15, 0.2) is 25.3 Å². The lowest BCUT2D eigenvalue weighted by Gasteiger charge is -2.01. The molecular weight excluding hydrogens is 144 g/mol. The average Bonchev–Trinajstić information content (AvgIpc) is 2.12. The number of allylic oxidation sites excluding steroid dienone is 2. The van der Waals surface area contributed by atoms with Gasteiger partial charge in [-0.2, -0.15) is 0 Å². The van der Waals surface area contributed by atoms with Crippen LogP contribution in [-0.2, 0) is 0 Å². The molecule has 0 bridgehead atoms. The second-order valence-electron chi connectivity index (χ2n) is 2.15. The molecule has 0 aromatic carbocycles. The molecule has 0 spiro atoms. The number of hydrogen-bond acceptors (Lipinski definition) is 0. The smallest absolute Gasteiger partial charge is 0.0325 e. The molecule has 0 aliphatic heterocycles. The van der Waals surface area contributed by atoms with Gasteiger partial charge < -0.3 is 0 Å². The first-order valence-electron chi connectivity index (χ1n) is 5.03. The Hall–Kier alpha value is -0.520. The van der Waals surface area contributed by atoms with Gasteiger partial charge in [0.1, 0.15) is 0 Å². The Balaban J connectivity index is -0.000000175. The molecule has 0 aromatic rings. The van der Waals surface area contributed by atoms with Crippen LogP contribution < -0.4 is 0 Å². The van der Waals surface area contributed by atoms with Crippen molar-refractivity contribution in [2.75, 3.05) is 0 Å². The van der Waals surface area contributed by atoms with E-state index < -0.39 is 0 Å². The summed E-state index contributed by atoms with van der Waals surface area (Å²) in [4.78, 5) is 0. The minimum Gasteiger partial charge on any atom is -0.103 e. The predicted molar refractivity (Wildman–Crippen MR) is 61.5 cm³/mol. The van der Waals surface area contributed by atoms with E-state index in [0.29, 0.717) is 0 Å². The molecule has 0 amide bonds. The summed E-state index contributed by atoms with van der Waals surface area (Å²) in [5, 5.41) is 0. The molecular formula is C12H26. The Morgan fingerprint density at radius 1 is 0.917 bits per heavy atom. The quantitative estimate of drug-likeness (QED) is 0.530. The van der Waals surface area contributed by atoms with E-state index in [1.165, 1.54) is 0 Å². The molecule has 0 nitrogen and oxygen atoms in total. The zero-order valence-electron chi connectivity index (χ0n) is 9.56. The molecule has 0 heterocycles. The molecule has 0 heteroatoms. The summed E-state index contributed by atoms with van der Waals surface area (Å²) in [5.41, 5.74) is 0. The van der Waals surface area contributed by atoms with Crippen molar-refractivity contribution >= 4 is 0 Å². The summed E-state index contributed by atoms with van der Waals surface area (Å²) >= 11 is 0. The highest BCUT2D eigenvalue weighted by atomic mass is 14.0. The highest BCUT2D eigenvalue weighted by Crippen LogP contribution is 2.06. The fraction of sp³-hybridized carbons (Fsp3) is 0.667. The third-order valence-electron chi connectivity index (χ3n) is 1.14. The molecule has 0 radical (unpaired) electrons. The fourth-order valence-electron chi connectivity index (χ4n) is 0.665. The van der Waals surface area contributed by atoms with Crippen molar-refractivity contribution in [3.05, 3.63) is 25.3 Å². The van der Waals surface area contributed by atoms with Crippen molar-refractivity contribution < 1.29 is 0 Å². The van der Waals surface area contributed by atoms with Gasteiger partial charge in [-0.1, -0.05) is 46.8 Å². The third kappa shape index (κ3) is 22.7. The molecule has 0 saturated carbocycles. The van der Waals surface area contributed by atoms with Gasteiger partial charge in [0.05, 0.1) is 0 Å².